The number of benzene rings is 2. The highest BCUT2D eigenvalue weighted by Crippen LogP contribution is 2.16. The smallest absolute Gasteiger partial charge is 0.313 e. The van der Waals surface area contributed by atoms with Crippen molar-refractivity contribution in [2.45, 2.75) is 0 Å². The van der Waals surface area contributed by atoms with Crippen LogP contribution in [-0.4, -0.2) is 12.2 Å². The molecule has 5 heteroatoms. The second kappa shape index (κ2) is 6.63. The molecule has 0 amide bonds. The molecule has 0 fully saturated rings. The van der Waals surface area contributed by atoms with E-state index in [0.29, 0.717) is 10.0 Å². The van der Waals surface area contributed by atoms with Gasteiger partial charge in [-0.05, 0) is 45.8 Å². The van der Waals surface area contributed by atoms with Crippen molar-refractivity contribution in [3.05, 3.63) is 68.6 Å². The Morgan fingerprint density at radius 3 is 2.42 bits per heavy atom. The first-order valence-electron chi connectivity index (χ1n) is 5.41. The van der Waals surface area contributed by atoms with E-state index in [-0.39, 0.29) is 0 Å². The molecule has 2 aromatic rings. The predicted octanol–water partition coefficient (Wildman–Crippen LogP) is 4.40. The molecule has 19 heavy (non-hydrogen) atoms. The fraction of sp³-hybridized carbons (Fsp3) is 0. The summed E-state index contributed by atoms with van der Waals surface area (Å²) in [4.78, 5) is 16.6. The van der Waals surface area contributed by atoms with Crippen LogP contribution in [0.2, 0.25) is 0 Å². The van der Waals surface area contributed by atoms with Gasteiger partial charge in [0.1, 0.15) is 0 Å². The van der Waals surface area contributed by atoms with Crippen LogP contribution in [0.3, 0.4) is 0 Å². The van der Waals surface area contributed by atoms with Crippen LogP contribution in [0, 0.1) is 0 Å². The molecule has 0 saturated heterocycles. The molecule has 0 radical (unpaired) electrons. The number of hydrogen-bond acceptors (Lipinski definition) is 3. The van der Waals surface area contributed by atoms with E-state index >= 15 is 0 Å². The van der Waals surface area contributed by atoms with E-state index in [1.807, 2.05) is 30.3 Å². The van der Waals surface area contributed by atoms with Gasteiger partial charge < -0.3 is 4.84 Å². The third-order valence-corrected chi connectivity index (χ3v) is 3.52. The molecule has 0 aliphatic rings. The normalized spacial score (nSPS) is 10.6. The zero-order chi connectivity index (χ0) is 13.7. The molecule has 0 aliphatic heterocycles. The summed E-state index contributed by atoms with van der Waals surface area (Å²) in [6.45, 7) is 0. The average molecular weight is 383 g/mol. The molecule has 0 atom stereocenters. The maximum Gasteiger partial charge on any atom is 0.366 e. The van der Waals surface area contributed by atoms with Crippen molar-refractivity contribution in [2.75, 3.05) is 0 Å². The summed E-state index contributed by atoms with van der Waals surface area (Å²) in [7, 11) is 0. The van der Waals surface area contributed by atoms with Gasteiger partial charge in [0, 0.05) is 8.95 Å². The van der Waals surface area contributed by atoms with Crippen molar-refractivity contribution in [2.24, 2.45) is 5.16 Å². The standard InChI is InChI=1S/C14H9Br2NO2/c15-11-7-5-10(6-8-11)9-17-19-14(18)12-3-1-2-4-13(12)16/h1-9H. The van der Waals surface area contributed by atoms with Gasteiger partial charge in [-0.15, -0.1) is 0 Å². The first-order valence-corrected chi connectivity index (χ1v) is 7.00. The Bertz CT molecular complexity index is 609. The third kappa shape index (κ3) is 4.01. The van der Waals surface area contributed by atoms with E-state index in [4.69, 9.17) is 4.84 Å². The highest BCUT2D eigenvalue weighted by molar-refractivity contribution is 9.10. The topological polar surface area (TPSA) is 38.7 Å². The van der Waals surface area contributed by atoms with Gasteiger partial charge in [0.05, 0.1) is 11.8 Å². The molecule has 3 nitrogen and oxygen atoms in total. The van der Waals surface area contributed by atoms with Crippen LogP contribution in [0.5, 0.6) is 0 Å². The molecule has 0 bridgehead atoms. The van der Waals surface area contributed by atoms with Gasteiger partial charge in [-0.3, -0.25) is 0 Å². The molecule has 2 aromatic carbocycles. The monoisotopic (exact) mass is 381 g/mol. The first kappa shape index (κ1) is 14.0. The summed E-state index contributed by atoms with van der Waals surface area (Å²) in [6.07, 6.45) is 1.49. The van der Waals surface area contributed by atoms with Crippen LogP contribution in [0.4, 0.5) is 0 Å². The number of nitrogens with zero attached hydrogens (tertiary/aromatic N) is 1. The van der Waals surface area contributed by atoms with Crippen molar-refractivity contribution < 1.29 is 9.63 Å². The Hall–Kier alpha value is -1.46. The molecule has 2 rings (SSSR count). The van der Waals surface area contributed by atoms with E-state index in [1.54, 1.807) is 18.2 Å². The van der Waals surface area contributed by atoms with Gasteiger partial charge in [-0.2, -0.15) is 0 Å². The summed E-state index contributed by atoms with van der Waals surface area (Å²) < 4.78 is 1.66. The van der Waals surface area contributed by atoms with E-state index in [9.17, 15) is 4.79 Å². The van der Waals surface area contributed by atoms with E-state index < -0.39 is 5.97 Å². The summed E-state index contributed by atoms with van der Waals surface area (Å²) >= 11 is 6.62. The minimum Gasteiger partial charge on any atom is -0.313 e. The van der Waals surface area contributed by atoms with E-state index in [1.165, 1.54) is 6.21 Å². The molecule has 0 saturated carbocycles. The zero-order valence-corrected chi connectivity index (χ0v) is 12.9. The summed E-state index contributed by atoms with van der Waals surface area (Å²) in [5.74, 6) is -0.499. The van der Waals surface area contributed by atoms with Crippen LogP contribution in [-0.2, 0) is 4.84 Å². The lowest BCUT2D eigenvalue weighted by atomic mass is 10.2. The minimum absolute atomic E-state index is 0.440. The lowest BCUT2D eigenvalue weighted by Crippen LogP contribution is -2.01. The van der Waals surface area contributed by atoms with Crippen LogP contribution < -0.4 is 0 Å². The Balaban J connectivity index is 2.01. The van der Waals surface area contributed by atoms with Crippen LogP contribution >= 0.6 is 31.9 Å². The number of oxime groups is 1. The first-order chi connectivity index (χ1) is 9.16. The lowest BCUT2D eigenvalue weighted by molar-refractivity contribution is 0.0518. The number of carbonyl (C=O) groups is 1. The Morgan fingerprint density at radius 2 is 1.74 bits per heavy atom. The fourth-order valence-electron chi connectivity index (χ4n) is 1.36. The second-order valence-corrected chi connectivity index (χ2v) is 5.41. The highest BCUT2D eigenvalue weighted by atomic mass is 79.9. The molecular weight excluding hydrogens is 374 g/mol. The molecule has 0 unspecified atom stereocenters. The Labute approximate surface area is 127 Å². The highest BCUT2D eigenvalue weighted by Gasteiger charge is 2.09. The summed E-state index contributed by atoms with van der Waals surface area (Å²) in [6, 6.07) is 14.5. The SMILES string of the molecule is O=C(ON=Cc1ccc(Br)cc1)c1ccccc1Br. The van der Waals surface area contributed by atoms with Crippen molar-refractivity contribution in [3.63, 3.8) is 0 Å². The molecule has 0 N–H and O–H groups in total. The third-order valence-electron chi connectivity index (χ3n) is 2.30. The van der Waals surface area contributed by atoms with Crippen molar-refractivity contribution in [1.82, 2.24) is 0 Å². The van der Waals surface area contributed by atoms with Crippen LogP contribution in [0.25, 0.3) is 0 Å². The molecule has 96 valence electrons. The largest absolute Gasteiger partial charge is 0.366 e. The van der Waals surface area contributed by atoms with Gasteiger partial charge in [-0.25, -0.2) is 4.79 Å². The van der Waals surface area contributed by atoms with Crippen molar-refractivity contribution >= 4 is 44.0 Å². The number of hydrogen-bond donors (Lipinski definition) is 0. The fourth-order valence-corrected chi connectivity index (χ4v) is 2.07. The van der Waals surface area contributed by atoms with E-state index in [0.717, 1.165) is 10.0 Å². The van der Waals surface area contributed by atoms with Gasteiger partial charge in [-0.1, -0.05) is 45.4 Å². The lowest BCUT2D eigenvalue weighted by Gasteiger charge is -2.00. The van der Waals surface area contributed by atoms with Crippen LogP contribution in [0.1, 0.15) is 15.9 Å². The second-order valence-electron chi connectivity index (χ2n) is 3.64. The van der Waals surface area contributed by atoms with Crippen molar-refractivity contribution in [1.29, 1.82) is 0 Å². The average Bonchev–Trinajstić information content (AvgIpc) is 2.41. The van der Waals surface area contributed by atoms with Crippen LogP contribution in [0.15, 0.2) is 62.6 Å². The quantitative estimate of drug-likeness (QED) is 0.448. The molecule has 0 aromatic heterocycles. The van der Waals surface area contributed by atoms with Gasteiger partial charge in [0.2, 0.25) is 0 Å². The van der Waals surface area contributed by atoms with Gasteiger partial charge in [0.15, 0.2) is 0 Å². The van der Waals surface area contributed by atoms with Crippen molar-refractivity contribution in [3.8, 4) is 0 Å². The number of halogens is 2. The van der Waals surface area contributed by atoms with Gasteiger partial charge in [0.25, 0.3) is 0 Å². The Kier molecular flexibility index (Phi) is 4.87. The minimum atomic E-state index is -0.499. The summed E-state index contributed by atoms with van der Waals surface area (Å²) in [5, 5.41) is 3.68. The summed E-state index contributed by atoms with van der Waals surface area (Å²) in [5.41, 5.74) is 1.29. The molecule has 0 spiro atoms. The number of rotatable bonds is 3. The maximum absolute atomic E-state index is 11.7. The van der Waals surface area contributed by atoms with Gasteiger partial charge >= 0.3 is 5.97 Å². The maximum atomic E-state index is 11.7. The molecule has 0 heterocycles. The Morgan fingerprint density at radius 1 is 1.05 bits per heavy atom. The zero-order valence-electron chi connectivity index (χ0n) is 9.72. The van der Waals surface area contributed by atoms with E-state index in [2.05, 4.69) is 37.0 Å². The predicted molar refractivity (Wildman–Crippen MR) is 81.3 cm³/mol. The molecule has 0 aliphatic carbocycles. The number of carbonyl (C=O) groups excluding carboxylic acids is 1. The molecular formula is C14H9Br2NO2.